The van der Waals surface area contributed by atoms with Crippen LogP contribution in [0.4, 0.5) is 5.69 Å². The normalized spacial score (nSPS) is 16.0. The monoisotopic (exact) mass is 534 g/mol. The van der Waals surface area contributed by atoms with E-state index >= 15 is 0 Å². The lowest BCUT2D eigenvalue weighted by molar-refractivity contribution is 0.0464. The first-order valence-electron chi connectivity index (χ1n) is 9.05. The highest BCUT2D eigenvalue weighted by atomic mass is 127. The van der Waals surface area contributed by atoms with Gasteiger partial charge in [0.1, 0.15) is 11.9 Å². The molecule has 3 rings (SSSR count). The van der Waals surface area contributed by atoms with E-state index in [9.17, 15) is 9.90 Å². The van der Waals surface area contributed by atoms with Crippen LogP contribution in [0, 0.1) is 16.4 Å². The number of hydrogen-bond acceptors (Lipinski definition) is 5. The van der Waals surface area contributed by atoms with Crippen molar-refractivity contribution in [1.82, 2.24) is 15.3 Å². The first kappa shape index (κ1) is 21.5. The highest BCUT2D eigenvalue weighted by Crippen LogP contribution is 2.41. The van der Waals surface area contributed by atoms with Crippen LogP contribution >= 0.6 is 45.8 Å². The number of rotatable bonds is 4. The van der Waals surface area contributed by atoms with Crippen molar-refractivity contribution in [2.75, 3.05) is 5.73 Å². The van der Waals surface area contributed by atoms with Crippen molar-refractivity contribution in [3.8, 4) is 11.3 Å². The molecular formula is C19H21Cl2IN4O2. The molecule has 0 spiro atoms. The standard InChI is InChI=1S/C19H21Cl2IN4O2/c1-9-14(22)12(16-17(21)25-8-7-24-16)11(13(20)15(9)23)19(28)26-18(27)10-5-3-2-4-6-10/h7-8,10,18,27H,2-6,23H2,1H3,(H,26,28). The van der Waals surface area contributed by atoms with Crippen molar-refractivity contribution in [1.29, 1.82) is 0 Å². The van der Waals surface area contributed by atoms with Gasteiger partial charge in [-0.25, -0.2) is 4.98 Å². The highest BCUT2D eigenvalue weighted by Gasteiger charge is 2.29. The zero-order chi connectivity index (χ0) is 20.4. The minimum atomic E-state index is -0.950. The van der Waals surface area contributed by atoms with Crippen molar-refractivity contribution in [3.05, 3.63) is 37.3 Å². The number of benzene rings is 1. The number of hydrogen-bond donors (Lipinski definition) is 3. The molecule has 1 aliphatic rings. The Balaban J connectivity index is 2.06. The highest BCUT2D eigenvalue weighted by molar-refractivity contribution is 14.1. The molecule has 1 aromatic heterocycles. The van der Waals surface area contributed by atoms with Gasteiger partial charge < -0.3 is 16.2 Å². The number of nitrogen functional groups attached to an aromatic ring is 1. The molecule has 9 heteroatoms. The van der Waals surface area contributed by atoms with E-state index in [1.807, 2.05) is 6.92 Å². The van der Waals surface area contributed by atoms with Crippen LogP contribution in [0.25, 0.3) is 11.3 Å². The Morgan fingerprint density at radius 2 is 1.93 bits per heavy atom. The Labute approximate surface area is 187 Å². The lowest BCUT2D eigenvalue weighted by Gasteiger charge is -2.27. The number of halogens is 3. The molecule has 0 radical (unpaired) electrons. The minimum absolute atomic E-state index is 0.0295. The van der Waals surface area contributed by atoms with Crippen LogP contribution in [0.5, 0.6) is 0 Å². The van der Waals surface area contributed by atoms with Gasteiger partial charge in [0.25, 0.3) is 5.91 Å². The summed E-state index contributed by atoms with van der Waals surface area (Å²) >= 11 is 14.8. The van der Waals surface area contributed by atoms with E-state index in [4.69, 9.17) is 28.9 Å². The number of aliphatic hydroxyl groups is 1. The van der Waals surface area contributed by atoms with Crippen molar-refractivity contribution < 1.29 is 9.90 Å². The van der Waals surface area contributed by atoms with Gasteiger partial charge in [-0.15, -0.1) is 0 Å². The van der Waals surface area contributed by atoms with Gasteiger partial charge in [-0.2, -0.15) is 0 Å². The Hall–Kier alpha value is -1.16. The fourth-order valence-corrected chi connectivity index (χ4v) is 4.86. The number of aromatic nitrogens is 2. The maximum atomic E-state index is 13.1. The second-order valence-corrected chi connectivity index (χ2v) is 8.74. The third-order valence-corrected chi connectivity index (χ3v) is 7.17. The molecule has 1 unspecified atom stereocenters. The number of amides is 1. The SMILES string of the molecule is Cc1c(N)c(Cl)c(C(=O)NC(O)C2CCCCC2)c(-c2nccnc2Cl)c1I. The summed E-state index contributed by atoms with van der Waals surface area (Å²) in [4.78, 5) is 21.5. The molecule has 0 saturated heterocycles. The molecule has 4 N–H and O–H groups in total. The number of aliphatic hydroxyl groups excluding tert-OH is 1. The first-order valence-corrected chi connectivity index (χ1v) is 10.9. The maximum absolute atomic E-state index is 13.1. The number of nitrogens with one attached hydrogen (secondary N) is 1. The van der Waals surface area contributed by atoms with Gasteiger partial charge in [0.2, 0.25) is 0 Å². The summed E-state index contributed by atoms with van der Waals surface area (Å²) in [6.45, 7) is 1.81. The lowest BCUT2D eigenvalue weighted by Crippen LogP contribution is -2.41. The third kappa shape index (κ3) is 4.22. The van der Waals surface area contributed by atoms with Gasteiger partial charge in [0, 0.05) is 27.4 Å². The van der Waals surface area contributed by atoms with Gasteiger partial charge in [-0.1, -0.05) is 42.5 Å². The average Bonchev–Trinajstić information content (AvgIpc) is 2.70. The lowest BCUT2D eigenvalue weighted by atomic mass is 9.88. The van der Waals surface area contributed by atoms with E-state index in [0.29, 0.717) is 20.5 Å². The number of carbonyl (C=O) groups excluding carboxylic acids is 1. The molecule has 1 saturated carbocycles. The first-order chi connectivity index (χ1) is 13.3. The number of anilines is 1. The Kier molecular flexibility index (Phi) is 7.01. The predicted octanol–water partition coefficient (Wildman–Crippen LogP) is 4.57. The van der Waals surface area contributed by atoms with E-state index in [-0.39, 0.29) is 21.7 Å². The molecule has 150 valence electrons. The summed E-state index contributed by atoms with van der Waals surface area (Å²) < 4.78 is 0.708. The Morgan fingerprint density at radius 1 is 1.29 bits per heavy atom. The second-order valence-electron chi connectivity index (χ2n) is 6.93. The molecule has 6 nitrogen and oxygen atoms in total. The van der Waals surface area contributed by atoms with Crippen LogP contribution in [0.1, 0.15) is 48.0 Å². The molecule has 1 fully saturated rings. The summed E-state index contributed by atoms with van der Waals surface area (Å²) in [6, 6.07) is 0. The van der Waals surface area contributed by atoms with Crippen LogP contribution in [-0.4, -0.2) is 27.2 Å². The third-order valence-electron chi connectivity index (χ3n) is 5.15. The number of nitrogens with zero attached hydrogens (tertiary/aromatic N) is 2. The predicted molar refractivity (Wildman–Crippen MR) is 119 cm³/mol. The summed E-state index contributed by atoms with van der Waals surface area (Å²) in [5, 5.41) is 13.5. The molecular weight excluding hydrogens is 514 g/mol. The fourth-order valence-electron chi connectivity index (χ4n) is 3.52. The van der Waals surface area contributed by atoms with Crippen molar-refractivity contribution in [3.63, 3.8) is 0 Å². The molecule has 1 amide bonds. The van der Waals surface area contributed by atoms with E-state index in [2.05, 4.69) is 37.9 Å². The summed E-state index contributed by atoms with van der Waals surface area (Å²) in [5.74, 6) is -0.480. The molecule has 1 heterocycles. The van der Waals surface area contributed by atoms with Gasteiger partial charge >= 0.3 is 0 Å². The van der Waals surface area contributed by atoms with Crippen molar-refractivity contribution in [2.45, 2.75) is 45.3 Å². The minimum Gasteiger partial charge on any atom is -0.397 e. The molecule has 1 aliphatic carbocycles. The van der Waals surface area contributed by atoms with Crippen LogP contribution < -0.4 is 11.1 Å². The van der Waals surface area contributed by atoms with E-state index in [1.54, 1.807) is 0 Å². The fraction of sp³-hybridized carbons (Fsp3) is 0.421. The molecule has 1 atom stereocenters. The molecule has 1 aromatic carbocycles. The largest absolute Gasteiger partial charge is 0.397 e. The number of carbonyl (C=O) groups is 1. The summed E-state index contributed by atoms with van der Waals surface area (Å²) in [6.07, 6.45) is 7.03. The van der Waals surface area contributed by atoms with E-state index < -0.39 is 12.1 Å². The smallest absolute Gasteiger partial charge is 0.255 e. The van der Waals surface area contributed by atoms with Crippen LogP contribution in [0.2, 0.25) is 10.2 Å². The quantitative estimate of drug-likeness (QED) is 0.303. The zero-order valence-electron chi connectivity index (χ0n) is 15.3. The maximum Gasteiger partial charge on any atom is 0.255 e. The van der Waals surface area contributed by atoms with Gasteiger partial charge in [0.05, 0.1) is 16.3 Å². The molecule has 0 aliphatic heterocycles. The van der Waals surface area contributed by atoms with E-state index in [0.717, 1.165) is 37.7 Å². The Bertz CT molecular complexity index is 904. The van der Waals surface area contributed by atoms with Crippen molar-refractivity contribution >= 4 is 57.4 Å². The second kappa shape index (κ2) is 9.11. The van der Waals surface area contributed by atoms with Crippen LogP contribution in [0.15, 0.2) is 12.4 Å². The van der Waals surface area contributed by atoms with Gasteiger partial charge in [-0.05, 0) is 47.9 Å². The average molecular weight is 535 g/mol. The number of nitrogens with two attached hydrogens (primary N) is 1. The van der Waals surface area contributed by atoms with E-state index in [1.165, 1.54) is 12.4 Å². The summed E-state index contributed by atoms with van der Waals surface area (Å²) in [7, 11) is 0. The van der Waals surface area contributed by atoms with Crippen molar-refractivity contribution in [2.24, 2.45) is 5.92 Å². The van der Waals surface area contributed by atoms with Crippen LogP contribution in [0.3, 0.4) is 0 Å². The summed E-state index contributed by atoms with van der Waals surface area (Å²) in [5.41, 5.74) is 8.12. The van der Waals surface area contributed by atoms with Gasteiger partial charge in [0.15, 0.2) is 5.15 Å². The zero-order valence-corrected chi connectivity index (χ0v) is 19.0. The molecule has 28 heavy (non-hydrogen) atoms. The topological polar surface area (TPSA) is 101 Å². The van der Waals surface area contributed by atoms with Crippen LogP contribution in [-0.2, 0) is 0 Å². The molecule has 0 bridgehead atoms. The van der Waals surface area contributed by atoms with Gasteiger partial charge in [-0.3, -0.25) is 9.78 Å². The molecule has 2 aromatic rings. The Morgan fingerprint density at radius 3 is 2.57 bits per heavy atom.